The number of hydrogen-bond donors (Lipinski definition) is 1. The number of rotatable bonds is 3. The summed E-state index contributed by atoms with van der Waals surface area (Å²) in [6.07, 6.45) is 0.105. The molecule has 0 spiro atoms. The molecule has 2 unspecified atom stereocenters. The fourth-order valence-corrected chi connectivity index (χ4v) is 2.56. The molecule has 0 aliphatic carbocycles. The van der Waals surface area contributed by atoms with Gasteiger partial charge in [-0.25, -0.2) is 8.42 Å². The molecule has 1 N–H and O–H groups in total. The maximum absolute atomic E-state index is 11.5. The Balaban J connectivity index is 2.44. The van der Waals surface area contributed by atoms with Crippen LogP contribution in [-0.2, 0) is 9.84 Å². The molecule has 0 saturated carbocycles. The first-order valence-corrected chi connectivity index (χ1v) is 7.99. The van der Waals surface area contributed by atoms with Crippen LogP contribution in [0.2, 0.25) is 0 Å². The van der Waals surface area contributed by atoms with E-state index in [0.29, 0.717) is 5.56 Å². The van der Waals surface area contributed by atoms with Gasteiger partial charge in [0.2, 0.25) is 0 Å². The lowest BCUT2D eigenvalue weighted by atomic mass is 10.0. The molecule has 19 heavy (non-hydrogen) atoms. The lowest BCUT2D eigenvalue weighted by Crippen LogP contribution is -2.24. The Morgan fingerprint density at radius 1 is 1.21 bits per heavy atom. The molecule has 5 heteroatoms. The lowest BCUT2D eigenvalue weighted by Gasteiger charge is -2.17. The first kappa shape index (κ1) is 14.0. The van der Waals surface area contributed by atoms with Gasteiger partial charge in [0.1, 0.15) is 0 Å². The van der Waals surface area contributed by atoms with E-state index < -0.39 is 21.2 Å². The third-order valence-electron chi connectivity index (χ3n) is 3.31. The molecule has 1 aromatic carbocycles. The van der Waals surface area contributed by atoms with Crippen LogP contribution < -0.4 is 0 Å². The van der Waals surface area contributed by atoms with Crippen LogP contribution in [0.15, 0.2) is 30.3 Å². The number of pyridine rings is 1. The van der Waals surface area contributed by atoms with Crippen LogP contribution in [0.25, 0.3) is 10.9 Å². The van der Waals surface area contributed by atoms with Gasteiger partial charge in [0.05, 0.1) is 16.9 Å². The molecule has 0 aliphatic rings. The van der Waals surface area contributed by atoms with Crippen molar-refractivity contribution in [2.75, 3.05) is 6.26 Å². The van der Waals surface area contributed by atoms with Gasteiger partial charge < -0.3 is 5.11 Å². The summed E-state index contributed by atoms with van der Waals surface area (Å²) < 4.78 is 23.0. The Labute approximate surface area is 113 Å². The first-order chi connectivity index (χ1) is 8.79. The van der Waals surface area contributed by atoms with E-state index in [1.54, 1.807) is 18.2 Å². The topological polar surface area (TPSA) is 67.3 Å². The Hall–Kier alpha value is -1.46. The normalized spacial score (nSPS) is 15.4. The second kappa shape index (κ2) is 4.90. The minimum Gasteiger partial charge on any atom is -0.387 e. The standard InChI is InChI=1S/C14H17NO3S/c1-9-4-5-11-8-12(6-7-13(11)15-9)14(16)10(2)19(3,17)18/h4-8,10,14,16H,1-3H3. The van der Waals surface area contributed by atoms with Gasteiger partial charge in [-0.05, 0) is 37.6 Å². The quantitative estimate of drug-likeness (QED) is 0.933. The molecular formula is C14H17NO3S. The first-order valence-electron chi connectivity index (χ1n) is 6.03. The summed E-state index contributed by atoms with van der Waals surface area (Å²) in [5, 5.41) is 10.2. The van der Waals surface area contributed by atoms with Gasteiger partial charge in [-0.3, -0.25) is 4.98 Å². The Morgan fingerprint density at radius 2 is 1.89 bits per heavy atom. The van der Waals surface area contributed by atoms with E-state index in [0.717, 1.165) is 22.9 Å². The van der Waals surface area contributed by atoms with Crippen LogP contribution in [0.3, 0.4) is 0 Å². The van der Waals surface area contributed by atoms with E-state index in [2.05, 4.69) is 4.98 Å². The van der Waals surface area contributed by atoms with Crippen molar-refractivity contribution in [2.45, 2.75) is 25.2 Å². The molecule has 0 fully saturated rings. The largest absolute Gasteiger partial charge is 0.387 e. The van der Waals surface area contributed by atoms with Gasteiger partial charge in [0.25, 0.3) is 0 Å². The fraction of sp³-hybridized carbons (Fsp3) is 0.357. The molecule has 2 atom stereocenters. The molecule has 1 heterocycles. The van der Waals surface area contributed by atoms with Crippen molar-refractivity contribution in [1.82, 2.24) is 4.98 Å². The third-order valence-corrected chi connectivity index (χ3v) is 4.92. The Bertz CT molecular complexity index is 710. The number of fused-ring (bicyclic) bond motifs is 1. The highest BCUT2D eigenvalue weighted by molar-refractivity contribution is 7.91. The van der Waals surface area contributed by atoms with Gasteiger partial charge in [0.15, 0.2) is 9.84 Å². The number of aromatic nitrogens is 1. The summed E-state index contributed by atoms with van der Waals surface area (Å²) in [5.74, 6) is 0. The molecule has 0 bridgehead atoms. The van der Waals surface area contributed by atoms with E-state index >= 15 is 0 Å². The number of nitrogens with zero attached hydrogens (tertiary/aromatic N) is 1. The lowest BCUT2D eigenvalue weighted by molar-refractivity contribution is 0.176. The second-order valence-electron chi connectivity index (χ2n) is 4.88. The van der Waals surface area contributed by atoms with Crippen LogP contribution in [0.4, 0.5) is 0 Å². The van der Waals surface area contributed by atoms with E-state index in [1.807, 2.05) is 19.1 Å². The summed E-state index contributed by atoms with van der Waals surface area (Å²) in [6.45, 7) is 3.42. The zero-order chi connectivity index (χ0) is 14.2. The molecule has 0 saturated heterocycles. The number of aliphatic hydroxyl groups excluding tert-OH is 1. The van der Waals surface area contributed by atoms with Crippen LogP contribution in [0, 0.1) is 6.92 Å². The predicted molar refractivity (Wildman–Crippen MR) is 75.7 cm³/mol. The maximum atomic E-state index is 11.5. The van der Waals surface area contributed by atoms with Crippen LogP contribution in [0.1, 0.15) is 24.3 Å². The minimum atomic E-state index is -3.28. The average Bonchev–Trinajstić information content (AvgIpc) is 2.35. The van der Waals surface area contributed by atoms with E-state index in [1.165, 1.54) is 6.92 Å². The highest BCUT2D eigenvalue weighted by Gasteiger charge is 2.25. The monoisotopic (exact) mass is 279 g/mol. The highest BCUT2D eigenvalue weighted by atomic mass is 32.2. The minimum absolute atomic E-state index is 0.594. The molecule has 2 rings (SSSR count). The SMILES string of the molecule is Cc1ccc2cc(C(O)C(C)S(C)(=O)=O)ccc2n1. The Morgan fingerprint density at radius 3 is 2.53 bits per heavy atom. The predicted octanol–water partition coefficient (Wildman–Crippen LogP) is 2.01. The van der Waals surface area contributed by atoms with Crippen LogP contribution >= 0.6 is 0 Å². The molecule has 4 nitrogen and oxygen atoms in total. The number of benzene rings is 1. The van der Waals surface area contributed by atoms with Gasteiger partial charge in [0, 0.05) is 17.3 Å². The van der Waals surface area contributed by atoms with Crippen molar-refractivity contribution in [3.63, 3.8) is 0 Å². The molecule has 102 valence electrons. The number of sulfone groups is 1. The van der Waals surface area contributed by atoms with Crippen LogP contribution in [0.5, 0.6) is 0 Å². The van der Waals surface area contributed by atoms with Crippen molar-refractivity contribution < 1.29 is 13.5 Å². The number of aliphatic hydroxyl groups is 1. The molecule has 0 radical (unpaired) electrons. The molecular weight excluding hydrogens is 262 g/mol. The number of aryl methyl sites for hydroxylation is 1. The fourth-order valence-electron chi connectivity index (χ4n) is 1.94. The molecule has 0 amide bonds. The van der Waals surface area contributed by atoms with Gasteiger partial charge in [-0.2, -0.15) is 0 Å². The molecule has 2 aromatic rings. The summed E-state index contributed by atoms with van der Waals surface area (Å²) in [7, 11) is -3.28. The van der Waals surface area contributed by atoms with Crippen molar-refractivity contribution in [2.24, 2.45) is 0 Å². The third kappa shape index (κ3) is 2.93. The van der Waals surface area contributed by atoms with E-state index in [-0.39, 0.29) is 0 Å². The summed E-state index contributed by atoms with van der Waals surface area (Å²) in [4.78, 5) is 4.37. The molecule has 1 aromatic heterocycles. The zero-order valence-electron chi connectivity index (χ0n) is 11.2. The number of hydrogen-bond acceptors (Lipinski definition) is 4. The smallest absolute Gasteiger partial charge is 0.152 e. The zero-order valence-corrected chi connectivity index (χ0v) is 12.0. The highest BCUT2D eigenvalue weighted by Crippen LogP contribution is 2.24. The average molecular weight is 279 g/mol. The summed E-state index contributed by atoms with van der Waals surface area (Å²) in [6, 6.07) is 9.11. The van der Waals surface area contributed by atoms with Crippen molar-refractivity contribution in [1.29, 1.82) is 0 Å². The van der Waals surface area contributed by atoms with Crippen molar-refractivity contribution >= 4 is 20.7 Å². The van der Waals surface area contributed by atoms with Crippen molar-refractivity contribution in [3.05, 3.63) is 41.6 Å². The van der Waals surface area contributed by atoms with E-state index in [9.17, 15) is 13.5 Å². The Kier molecular flexibility index (Phi) is 3.60. The maximum Gasteiger partial charge on any atom is 0.152 e. The van der Waals surface area contributed by atoms with Crippen LogP contribution in [-0.4, -0.2) is 30.0 Å². The van der Waals surface area contributed by atoms with Gasteiger partial charge in [-0.15, -0.1) is 0 Å². The summed E-state index contributed by atoms with van der Waals surface area (Å²) in [5.41, 5.74) is 2.35. The van der Waals surface area contributed by atoms with Gasteiger partial charge >= 0.3 is 0 Å². The van der Waals surface area contributed by atoms with Gasteiger partial charge in [-0.1, -0.05) is 12.1 Å². The molecule has 0 aliphatic heterocycles. The second-order valence-corrected chi connectivity index (χ2v) is 7.29. The van der Waals surface area contributed by atoms with Crippen molar-refractivity contribution in [3.8, 4) is 0 Å². The summed E-state index contributed by atoms with van der Waals surface area (Å²) >= 11 is 0. The van der Waals surface area contributed by atoms with E-state index in [4.69, 9.17) is 0 Å².